The number of rotatable bonds is 6. The number of halogens is 2. The molecular formula is C13H16BrIO2. The van der Waals surface area contributed by atoms with E-state index in [0.29, 0.717) is 12.2 Å². The van der Waals surface area contributed by atoms with Crippen molar-refractivity contribution >= 4 is 44.5 Å². The Hall–Kier alpha value is -0.100. The maximum absolute atomic E-state index is 11.7. The molecule has 0 radical (unpaired) electrons. The van der Waals surface area contributed by atoms with Gasteiger partial charge in [-0.1, -0.05) is 42.1 Å². The molecule has 0 amide bonds. The lowest BCUT2D eigenvalue weighted by Gasteiger charge is -2.05. The summed E-state index contributed by atoms with van der Waals surface area (Å²) in [5, 5.41) is 0. The summed E-state index contributed by atoms with van der Waals surface area (Å²) in [7, 11) is 0. The van der Waals surface area contributed by atoms with E-state index in [4.69, 9.17) is 4.74 Å². The predicted molar refractivity (Wildman–Crippen MR) is 81.3 cm³/mol. The Balaban J connectivity index is 2.41. The Kier molecular flexibility index (Phi) is 7.11. The van der Waals surface area contributed by atoms with Crippen molar-refractivity contribution < 1.29 is 9.53 Å². The van der Waals surface area contributed by atoms with Crippen LogP contribution in [0.3, 0.4) is 0 Å². The van der Waals surface area contributed by atoms with Crippen LogP contribution in [0.15, 0.2) is 22.7 Å². The van der Waals surface area contributed by atoms with Crippen molar-refractivity contribution in [2.24, 2.45) is 0 Å². The molecule has 1 aromatic rings. The van der Waals surface area contributed by atoms with Crippen molar-refractivity contribution in [3.05, 3.63) is 31.8 Å². The first-order valence-electron chi connectivity index (χ1n) is 5.76. The fourth-order valence-corrected chi connectivity index (χ4v) is 3.04. The Morgan fingerprint density at radius 3 is 2.71 bits per heavy atom. The molecule has 0 N–H and O–H groups in total. The number of unbranched alkanes of at least 4 members (excludes halogenated alkanes) is 3. The molecule has 1 aromatic carbocycles. The standard InChI is InChI=1S/C13H16BrIO2/c1-2-3-4-5-6-17-13(16)10-7-11(14)9-12(15)8-10/h7-9H,2-6H2,1H3. The molecule has 0 atom stereocenters. The normalized spacial score (nSPS) is 10.3. The van der Waals surface area contributed by atoms with E-state index in [1.807, 2.05) is 12.1 Å². The molecule has 0 aromatic heterocycles. The molecule has 0 unspecified atom stereocenters. The number of carbonyl (C=O) groups is 1. The van der Waals surface area contributed by atoms with E-state index in [0.717, 1.165) is 20.9 Å². The molecule has 0 saturated heterocycles. The highest BCUT2D eigenvalue weighted by atomic mass is 127. The quantitative estimate of drug-likeness (QED) is 0.383. The van der Waals surface area contributed by atoms with Gasteiger partial charge < -0.3 is 4.74 Å². The monoisotopic (exact) mass is 410 g/mol. The van der Waals surface area contributed by atoms with E-state index in [1.54, 1.807) is 6.07 Å². The molecule has 0 spiro atoms. The molecule has 1 rings (SSSR count). The summed E-state index contributed by atoms with van der Waals surface area (Å²) >= 11 is 5.55. The lowest BCUT2D eigenvalue weighted by atomic mass is 10.2. The minimum atomic E-state index is -0.235. The van der Waals surface area contributed by atoms with Crippen LogP contribution in [0, 0.1) is 3.57 Å². The molecule has 0 aliphatic rings. The number of benzene rings is 1. The molecular weight excluding hydrogens is 395 g/mol. The summed E-state index contributed by atoms with van der Waals surface area (Å²) in [4.78, 5) is 11.7. The van der Waals surface area contributed by atoms with Gasteiger partial charge in [-0.15, -0.1) is 0 Å². The van der Waals surface area contributed by atoms with Gasteiger partial charge in [-0.3, -0.25) is 0 Å². The van der Waals surface area contributed by atoms with Gasteiger partial charge in [0, 0.05) is 8.04 Å². The molecule has 0 aliphatic heterocycles. The van der Waals surface area contributed by atoms with Gasteiger partial charge in [0.05, 0.1) is 12.2 Å². The second kappa shape index (κ2) is 8.08. The molecule has 17 heavy (non-hydrogen) atoms. The predicted octanol–water partition coefficient (Wildman–Crippen LogP) is 4.79. The first-order valence-corrected chi connectivity index (χ1v) is 7.64. The molecule has 0 saturated carbocycles. The maximum atomic E-state index is 11.7. The van der Waals surface area contributed by atoms with Crippen LogP contribution in [0.1, 0.15) is 43.0 Å². The van der Waals surface area contributed by atoms with E-state index in [1.165, 1.54) is 12.8 Å². The van der Waals surface area contributed by atoms with Crippen LogP contribution < -0.4 is 0 Å². The van der Waals surface area contributed by atoms with Crippen LogP contribution in [-0.4, -0.2) is 12.6 Å². The second-order valence-corrected chi connectivity index (χ2v) is 6.02. The van der Waals surface area contributed by atoms with Crippen molar-refractivity contribution in [2.75, 3.05) is 6.61 Å². The fraction of sp³-hybridized carbons (Fsp3) is 0.462. The van der Waals surface area contributed by atoms with Crippen molar-refractivity contribution in [2.45, 2.75) is 32.6 Å². The summed E-state index contributed by atoms with van der Waals surface area (Å²) in [6, 6.07) is 5.58. The second-order valence-electron chi connectivity index (χ2n) is 3.85. The number of esters is 1. The summed E-state index contributed by atoms with van der Waals surface area (Å²) in [6.45, 7) is 2.68. The highest BCUT2D eigenvalue weighted by Crippen LogP contribution is 2.18. The summed E-state index contributed by atoms with van der Waals surface area (Å²) in [5.74, 6) is -0.235. The van der Waals surface area contributed by atoms with E-state index in [2.05, 4.69) is 45.4 Å². The lowest BCUT2D eigenvalue weighted by molar-refractivity contribution is 0.0497. The van der Waals surface area contributed by atoms with E-state index >= 15 is 0 Å². The number of carbonyl (C=O) groups excluding carboxylic acids is 1. The molecule has 94 valence electrons. The summed E-state index contributed by atoms with van der Waals surface area (Å²) < 4.78 is 7.15. The van der Waals surface area contributed by atoms with Crippen molar-refractivity contribution in [3.63, 3.8) is 0 Å². The summed E-state index contributed by atoms with van der Waals surface area (Å²) in [6.07, 6.45) is 4.47. The van der Waals surface area contributed by atoms with Gasteiger partial charge in [0.15, 0.2) is 0 Å². The van der Waals surface area contributed by atoms with Crippen LogP contribution in [0.2, 0.25) is 0 Å². The first kappa shape index (κ1) is 15.0. The van der Waals surface area contributed by atoms with Gasteiger partial charge in [-0.25, -0.2) is 4.79 Å². The van der Waals surface area contributed by atoms with Crippen LogP contribution in [0.5, 0.6) is 0 Å². The van der Waals surface area contributed by atoms with Crippen molar-refractivity contribution in [1.29, 1.82) is 0 Å². The van der Waals surface area contributed by atoms with E-state index in [9.17, 15) is 4.79 Å². The fourth-order valence-electron chi connectivity index (χ4n) is 1.45. The Morgan fingerprint density at radius 2 is 2.06 bits per heavy atom. The first-order chi connectivity index (χ1) is 8.13. The highest BCUT2D eigenvalue weighted by Gasteiger charge is 2.08. The van der Waals surface area contributed by atoms with Gasteiger partial charge in [0.1, 0.15) is 0 Å². The van der Waals surface area contributed by atoms with E-state index in [-0.39, 0.29) is 5.97 Å². The summed E-state index contributed by atoms with van der Waals surface area (Å²) in [5.41, 5.74) is 0.610. The Morgan fingerprint density at radius 1 is 1.29 bits per heavy atom. The minimum Gasteiger partial charge on any atom is -0.462 e. The van der Waals surface area contributed by atoms with Gasteiger partial charge in [0.2, 0.25) is 0 Å². The smallest absolute Gasteiger partial charge is 0.338 e. The van der Waals surface area contributed by atoms with Crippen molar-refractivity contribution in [3.8, 4) is 0 Å². The topological polar surface area (TPSA) is 26.3 Å². The van der Waals surface area contributed by atoms with E-state index < -0.39 is 0 Å². The highest BCUT2D eigenvalue weighted by molar-refractivity contribution is 14.1. The molecule has 0 aliphatic carbocycles. The number of hydrogen-bond donors (Lipinski definition) is 0. The van der Waals surface area contributed by atoms with Gasteiger partial charge in [0.25, 0.3) is 0 Å². The minimum absolute atomic E-state index is 0.235. The zero-order chi connectivity index (χ0) is 12.7. The number of hydrogen-bond acceptors (Lipinski definition) is 2. The average molecular weight is 411 g/mol. The molecule has 0 fully saturated rings. The van der Waals surface area contributed by atoms with Crippen LogP contribution in [0.25, 0.3) is 0 Å². The van der Waals surface area contributed by atoms with Gasteiger partial charge in [-0.05, 0) is 47.2 Å². The molecule has 4 heteroatoms. The van der Waals surface area contributed by atoms with Crippen LogP contribution >= 0.6 is 38.5 Å². The average Bonchev–Trinajstić information content (AvgIpc) is 2.27. The van der Waals surface area contributed by atoms with Crippen LogP contribution in [-0.2, 0) is 4.74 Å². The van der Waals surface area contributed by atoms with Crippen LogP contribution in [0.4, 0.5) is 0 Å². The third-order valence-corrected chi connectivity index (χ3v) is 3.41. The zero-order valence-electron chi connectivity index (χ0n) is 9.84. The number of ether oxygens (including phenoxy) is 1. The SMILES string of the molecule is CCCCCCOC(=O)c1cc(Br)cc(I)c1. The third-order valence-electron chi connectivity index (χ3n) is 2.33. The van der Waals surface area contributed by atoms with Crippen molar-refractivity contribution in [1.82, 2.24) is 0 Å². The lowest BCUT2D eigenvalue weighted by Crippen LogP contribution is -2.06. The van der Waals surface area contributed by atoms with Gasteiger partial charge >= 0.3 is 5.97 Å². The molecule has 0 bridgehead atoms. The maximum Gasteiger partial charge on any atom is 0.338 e. The molecule has 2 nitrogen and oxygen atoms in total. The largest absolute Gasteiger partial charge is 0.462 e. The Bertz CT molecular complexity index is 359. The molecule has 0 heterocycles. The van der Waals surface area contributed by atoms with Gasteiger partial charge in [-0.2, -0.15) is 0 Å². The Labute approximate surface area is 124 Å². The zero-order valence-corrected chi connectivity index (χ0v) is 13.6. The third kappa shape index (κ3) is 5.86.